The number of piperazine rings is 1. The number of aromatic amines is 1. The number of hydrogen-bond donors (Lipinski definition) is 1. The summed E-state index contributed by atoms with van der Waals surface area (Å²) in [5, 5.41) is 0.931. The molecule has 2 amide bonds. The number of imidazole rings is 1. The fourth-order valence-corrected chi connectivity index (χ4v) is 6.17. The van der Waals surface area contributed by atoms with Gasteiger partial charge in [-0.2, -0.15) is 0 Å². The normalized spacial score (nSPS) is 14.9. The Balaban J connectivity index is 1.38. The molecule has 1 saturated heterocycles. The number of fused-ring (bicyclic) bond motifs is 2. The minimum atomic E-state index is -0.395. The van der Waals surface area contributed by atoms with Crippen LogP contribution < -0.4 is 9.64 Å². The average Bonchev–Trinajstić information content (AvgIpc) is 3.61. The van der Waals surface area contributed by atoms with Crippen molar-refractivity contribution in [2.45, 2.75) is 13.0 Å². The SMILES string of the molecule is COc1cccc(C(=O)N(c2ccc3sc(C(=O)N4CCN(C)CC4)cc3c2)C(C)c2nc3ccccc3[nH]2)c1. The zero-order chi connectivity index (χ0) is 27.8. The summed E-state index contributed by atoms with van der Waals surface area (Å²) in [5.74, 6) is 1.20. The van der Waals surface area contributed by atoms with E-state index in [-0.39, 0.29) is 11.8 Å². The smallest absolute Gasteiger partial charge is 0.264 e. The highest BCUT2D eigenvalue weighted by atomic mass is 32.1. The van der Waals surface area contributed by atoms with Gasteiger partial charge in [-0.1, -0.05) is 18.2 Å². The molecule has 40 heavy (non-hydrogen) atoms. The molecule has 6 rings (SSSR count). The first-order valence-electron chi connectivity index (χ1n) is 13.3. The van der Waals surface area contributed by atoms with E-state index in [1.807, 2.05) is 72.5 Å². The van der Waals surface area contributed by atoms with Gasteiger partial charge in [0.2, 0.25) is 0 Å². The number of nitrogens with zero attached hydrogens (tertiary/aromatic N) is 4. The number of amides is 2. The van der Waals surface area contributed by atoms with Gasteiger partial charge >= 0.3 is 0 Å². The highest BCUT2D eigenvalue weighted by molar-refractivity contribution is 7.20. The Labute approximate surface area is 236 Å². The molecule has 1 aliphatic rings. The highest BCUT2D eigenvalue weighted by Crippen LogP contribution is 2.35. The molecule has 3 aromatic carbocycles. The number of H-pyrrole nitrogens is 1. The van der Waals surface area contributed by atoms with E-state index in [0.29, 0.717) is 22.0 Å². The number of likely N-dealkylation sites (N-methyl/N-ethyl adjacent to an activating group) is 1. The summed E-state index contributed by atoms with van der Waals surface area (Å²) in [6.45, 7) is 5.18. The van der Waals surface area contributed by atoms with Gasteiger partial charge in [-0.25, -0.2) is 4.98 Å². The lowest BCUT2D eigenvalue weighted by atomic mass is 10.1. The molecule has 3 heterocycles. The average molecular weight is 554 g/mol. The van der Waals surface area contributed by atoms with Crippen molar-refractivity contribution in [3.05, 3.63) is 89.1 Å². The highest BCUT2D eigenvalue weighted by Gasteiger charge is 2.28. The molecule has 9 heteroatoms. The van der Waals surface area contributed by atoms with E-state index in [4.69, 9.17) is 9.72 Å². The summed E-state index contributed by atoms with van der Waals surface area (Å²) in [7, 11) is 3.66. The van der Waals surface area contributed by atoms with Gasteiger partial charge in [-0.15, -0.1) is 11.3 Å². The number of nitrogens with one attached hydrogen (secondary N) is 1. The van der Waals surface area contributed by atoms with Gasteiger partial charge in [-0.3, -0.25) is 14.5 Å². The summed E-state index contributed by atoms with van der Waals surface area (Å²) < 4.78 is 6.39. The second kappa shape index (κ2) is 10.7. The maximum Gasteiger partial charge on any atom is 0.264 e. The number of thiophene rings is 1. The van der Waals surface area contributed by atoms with Crippen LogP contribution in [0.4, 0.5) is 5.69 Å². The number of para-hydroxylation sites is 2. The number of carbonyl (C=O) groups is 2. The molecule has 1 unspecified atom stereocenters. The standard InChI is InChI=1S/C31H31N5O3S/c1-20(29-32-25-9-4-5-10-26(25)33-29)36(30(37)21-7-6-8-24(18-21)39-3)23-11-12-27-22(17-23)19-28(40-27)31(38)35-15-13-34(2)14-16-35/h4-12,17-20H,13-16H2,1-3H3,(H,32,33). The van der Waals surface area contributed by atoms with Crippen molar-refractivity contribution in [3.8, 4) is 5.75 Å². The van der Waals surface area contributed by atoms with Crippen molar-refractivity contribution in [3.63, 3.8) is 0 Å². The zero-order valence-corrected chi connectivity index (χ0v) is 23.6. The molecule has 204 valence electrons. The van der Waals surface area contributed by atoms with Crippen molar-refractivity contribution in [1.29, 1.82) is 0 Å². The number of aromatic nitrogens is 2. The Hall–Kier alpha value is -4.21. The second-order valence-corrected chi connectivity index (χ2v) is 11.2. The van der Waals surface area contributed by atoms with Crippen LogP contribution >= 0.6 is 11.3 Å². The van der Waals surface area contributed by atoms with Gasteiger partial charge in [0.05, 0.1) is 29.1 Å². The molecule has 1 atom stereocenters. The van der Waals surface area contributed by atoms with Crippen LogP contribution in [0.25, 0.3) is 21.1 Å². The van der Waals surface area contributed by atoms with Gasteiger partial charge in [0.25, 0.3) is 11.8 Å². The lowest BCUT2D eigenvalue weighted by molar-refractivity contribution is 0.0669. The second-order valence-electron chi connectivity index (χ2n) is 10.2. The number of rotatable bonds is 6. The van der Waals surface area contributed by atoms with Crippen molar-refractivity contribution in [1.82, 2.24) is 19.8 Å². The third-order valence-electron chi connectivity index (χ3n) is 7.51. The van der Waals surface area contributed by atoms with E-state index in [1.165, 1.54) is 11.3 Å². The lowest BCUT2D eigenvalue weighted by Crippen LogP contribution is -2.46. The van der Waals surface area contributed by atoms with E-state index >= 15 is 0 Å². The van der Waals surface area contributed by atoms with E-state index < -0.39 is 6.04 Å². The van der Waals surface area contributed by atoms with Crippen LogP contribution in [0, 0.1) is 0 Å². The Morgan fingerprint density at radius 3 is 2.58 bits per heavy atom. The predicted molar refractivity (Wildman–Crippen MR) is 160 cm³/mol. The van der Waals surface area contributed by atoms with Crippen LogP contribution in [0.1, 0.15) is 38.8 Å². The molecular weight excluding hydrogens is 522 g/mol. The van der Waals surface area contributed by atoms with Crippen LogP contribution in [-0.4, -0.2) is 71.9 Å². The van der Waals surface area contributed by atoms with Crippen LogP contribution in [0.15, 0.2) is 72.8 Å². The number of benzene rings is 3. The molecule has 8 nitrogen and oxygen atoms in total. The summed E-state index contributed by atoms with van der Waals surface area (Å²) in [4.78, 5) is 42.2. The van der Waals surface area contributed by atoms with Gasteiger partial charge in [0.15, 0.2) is 0 Å². The van der Waals surface area contributed by atoms with Crippen LogP contribution in [0.2, 0.25) is 0 Å². The Morgan fingerprint density at radius 2 is 1.80 bits per heavy atom. The van der Waals surface area contributed by atoms with Crippen LogP contribution in [0.3, 0.4) is 0 Å². The predicted octanol–water partition coefficient (Wildman–Crippen LogP) is 5.58. The number of hydrogen-bond acceptors (Lipinski definition) is 6. The number of carbonyl (C=O) groups excluding carboxylic acids is 2. The van der Waals surface area contributed by atoms with E-state index in [1.54, 1.807) is 24.1 Å². The molecule has 0 aliphatic carbocycles. The molecule has 0 radical (unpaired) electrons. The molecule has 2 aromatic heterocycles. The van der Waals surface area contributed by atoms with E-state index in [0.717, 1.165) is 53.0 Å². The number of ether oxygens (including phenoxy) is 1. The lowest BCUT2D eigenvalue weighted by Gasteiger charge is -2.32. The molecule has 0 bridgehead atoms. The first-order chi connectivity index (χ1) is 19.4. The fourth-order valence-electron chi connectivity index (χ4n) is 5.16. The quantitative estimate of drug-likeness (QED) is 0.297. The van der Waals surface area contributed by atoms with Crippen LogP contribution in [0.5, 0.6) is 5.75 Å². The maximum atomic E-state index is 14.1. The van der Waals surface area contributed by atoms with Gasteiger partial charge in [0, 0.05) is 42.1 Å². The number of anilines is 1. The Bertz CT molecular complexity index is 1670. The fraction of sp³-hybridized carbons (Fsp3) is 0.258. The monoisotopic (exact) mass is 553 g/mol. The Morgan fingerprint density at radius 1 is 1.00 bits per heavy atom. The molecular formula is C31H31N5O3S. The van der Waals surface area contributed by atoms with Crippen molar-refractivity contribution >= 4 is 50.0 Å². The molecule has 1 fully saturated rings. The largest absolute Gasteiger partial charge is 0.497 e. The molecule has 0 spiro atoms. The third-order valence-corrected chi connectivity index (χ3v) is 8.61. The first-order valence-corrected chi connectivity index (χ1v) is 14.2. The van der Waals surface area contributed by atoms with Gasteiger partial charge < -0.3 is 19.5 Å². The van der Waals surface area contributed by atoms with Gasteiger partial charge in [0.1, 0.15) is 11.6 Å². The molecule has 1 aliphatic heterocycles. The summed E-state index contributed by atoms with van der Waals surface area (Å²) >= 11 is 1.49. The summed E-state index contributed by atoms with van der Waals surface area (Å²) in [6.07, 6.45) is 0. The minimum Gasteiger partial charge on any atom is -0.497 e. The maximum absolute atomic E-state index is 14.1. The molecule has 5 aromatic rings. The van der Waals surface area contributed by atoms with Crippen molar-refractivity contribution in [2.24, 2.45) is 0 Å². The molecule has 0 saturated carbocycles. The van der Waals surface area contributed by atoms with Crippen LogP contribution in [-0.2, 0) is 0 Å². The van der Waals surface area contributed by atoms with Gasteiger partial charge in [-0.05, 0) is 74.0 Å². The van der Waals surface area contributed by atoms with Crippen molar-refractivity contribution in [2.75, 3.05) is 45.2 Å². The van der Waals surface area contributed by atoms with E-state index in [9.17, 15) is 9.59 Å². The van der Waals surface area contributed by atoms with Crippen molar-refractivity contribution < 1.29 is 14.3 Å². The zero-order valence-electron chi connectivity index (χ0n) is 22.8. The summed E-state index contributed by atoms with van der Waals surface area (Å²) in [5.41, 5.74) is 3.00. The van der Waals surface area contributed by atoms with E-state index in [2.05, 4.69) is 16.9 Å². The topological polar surface area (TPSA) is 81.8 Å². The first kappa shape index (κ1) is 26.0. The summed E-state index contributed by atoms with van der Waals surface area (Å²) in [6, 6.07) is 22.5. The molecule has 1 N–H and O–H groups in total. The number of methoxy groups -OCH3 is 1. The Kier molecular flexibility index (Phi) is 7.00. The minimum absolute atomic E-state index is 0.0656. The third kappa shape index (κ3) is 4.94.